The second kappa shape index (κ2) is 10.4. The van der Waals surface area contributed by atoms with E-state index in [9.17, 15) is 18.0 Å². The van der Waals surface area contributed by atoms with Gasteiger partial charge in [0.1, 0.15) is 10.6 Å². The molecular weight excluding hydrogens is 424 g/mol. The molecule has 0 bridgehead atoms. The highest BCUT2D eigenvalue weighted by Crippen LogP contribution is 2.25. The average molecular weight is 455 g/mol. The lowest BCUT2D eigenvalue weighted by atomic mass is 10.1. The molecule has 0 atom stereocenters. The molecule has 2 amide bonds. The summed E-state index contributed by atoms with van der Waals surface area (Å²) in [6.45, 7) is 2.77. The van der Waals surface area contributed by atoms with Gasteiger partial charge in [0.25, 0.3) is 5.91 Å². The van der Waals surface area contributed by atoms with Crippen LogP contribution in [0.5, 0.6) is 5.75 Å². The van der Waals surface area contributed by atoms with Crippen molar-refractivity contribution in [2.75, 3.05) is 60.1 Å². The third-order valence-electron chi connectivity index (χ3n) is 5.27. The molecule has 0 unspecified atom stereocenters. The molecule has 10 nitrogen and oxygen atoms in total. The van der Waals surface area contributed by atoms with Crippen molar-refractivity contribution in [1.29, 1.82) is 0 Å². The zero-order valence-corrected chi connectivity index (χ0v) is 18.7. The van der Waals surface area contributed by atoms with E-state index in [2.05, 4.69) is 10.0 Å². The number of sulfonamides is 1. The van der Waals surface area contributed by atoms with Crippen molar-refractivity contribution in [1.82, 2.24) is 19.8 Å². The maximum absolute atomic E-state index is 13.0. The van der Waals surface area contributed by atoms with Crippen molar-refractivity contribution in [3.63, 3.8) is 0 Å². The summed E-state index contributed by atoms with van der Waals surface area (Å²) in [4.78, 5) is 28.5. The molecule has 1 saturated heterocycles. The summed E-state index contributed by atoms with van der Waals surface area (Å²) in [7, 11) is -1.01. The Morgan fingerprint density at radius 2 is 1.84 bits per heavy atom. The van der Waals surface area contributed by atoms with Gasteiger partial charge in [0, 0.05) is 51.4 Å². The van der Waals surface area contributed by atoms with E-state index in [0.717, 1.165) is 12.8 Å². The molecule has 2 aliphatic rings. The second-order valence-corrected chi connectivity index (χ2v) is 9.40. The number of benzene rings is 1. The molecule has 172 valence electrons. The molecule has 0 radical (unpaired) electrons. The van der Waals surface area contributed by atoms with Crippen LogP contribution in [0.15, 0.2) is 23.1 Å². The molecule has 2 fully saturated rings. The third kappa shape index (κ3) is 6.39. The summed E-state index contributed by atoms with van der Waals surface area (Å²) in [5, 5.41) is 2.97. The van der Waals surface area contributed by atoms with Gasteiger partial charge in [-0.05, 0) is 31.0 Å². The van der Waals surface area contributed by atoms with Crippen molar-refractivity contribution in [2.45, 2.75) is 23.8 Å². The standard InChI is InChI=1S/C20H30N4O6S/c1-29-12-7-21-31(27,28)18-13-15(3-6-17(18)30-2)20(26)24-10-8-23(9-11-24)14-19(25)22-16-4-5-16/h3,6,13,16,21H,4-5,7-12,14H2,1-2H3,(H,22,25). The molecule has 3 rings (SSSR count). The number of carbonyl (C=O) groups excluding carboxylic acids is 2. The van der Waals surface area contributed by atoms with E-state index in [1.165, 1.54) is 26.4 Å². The zero-order chi connectivity index (χ0) is 22.4. The number of ether oxygens (including phenoxy) is 2. The normalized spacial score (nSPS) is 17.4. The summed E-state index contributed by atoms with van der Waals surface area (Å²) in [6.07, 6.45) is 2.10. The number of methoxy groups -OCH3 is 2. The van der Waals surface area contributed by atoms with Gasteiger partial charge in [0.15, 0.2) is 0 Å². The topological polar surface area (TPSA) is 117 Å². The van der Waals surface area contributed by atoms with Gasteiger partial charge in [0.05, 0.1) is 20.3 Å². The smallest absolute Gasteiger partial charge is 0.253 e. The summed E-state index contributed by atoms with van der Waals surface area (Å²) in [5.74, 6) is -0.0701. The van der Waals surface area contributed by atoms with E-state index in [1.807, 2.05) is 4.90 Å². The van der Waals surface area contributed by atoms with E-state index in [-0.39, 0.29) is 41.2 Å². The molecule has 0 spiro atoms. The van der Waals surface area contributed by atoms with Gasteiger partial charge in [-0.1, -0.05) is 0 Å². The van der Waals surface area contributed by atoms with Gasteiger partial charge >= 0.3 is 0 Å². The van der Waals surface area contributed by atoms with Gasteiger partial charge in [-0.15, -0.1) is 0 Å². The molecule has 31 heavy (non-hydrogen) atoms. The molecule has 1 aromatic rings. The summed E-state index contributed by atoms with van der Waals surface area (Å²) in [5.41, 5.74) is 0.271. The Kier molecular flexibility index (Phi) is 7.87. The maximum Gasteiger partial charge on any atom is 0.253 e. The first-order valence-corrected chi connectivity index (χ1v) is 11.8. The summed E-state index contributed by atoms with van der Waals surface area (Å²) in [6, 6.07) is 4.72. The number of nitrogens with one attached hydrogen (secondary N) is 2. The van der Waals surface area contributed by atoms with E-state index in [1.54, 1.807) is 11.0 Å². The Morgan fingerprint density at radius 1 is 1.13 bits per heavy atom. The van der Waals surface area contributed by atoms with Crippen molar-refractivity contribution < 1.29 is 27.5 Å². The Bertz CT molecular complexity index is 895. The number of rotatable bonds is 10. The van der Waals surface area contributed by atoms with Crippen LogP contribution in [-0.4, -0.2) is 96.2 Å². The van der Waals surface area contributed by atoms with Gasteiger partial charge in [-0.2, -0.15) is 0 Å². The molecule has 1 saturated carbocycles. The van der Waals surface area contributed by atoms with Gasteiger partial charge in [-0.25, -0.2) is 13.1 Å². The van der Waals surface area contributed by atoms with E-state index in [4.69, 9.17) is 9.47 Å². The Balaban J connectivity index is 1.63. The number of hydrogen-bond donors (Lipinski definition) is 2. The highest BCUT2D eigenvalue weighted by Gasteiger charge is 2.28. The molecule has 1 aliphatic heterocycles. The molecule has 2 N–H and O–H groups in total. The Hall–Kier alpha value is -2.21. The van der Waals surface area contributed by atoms with Crippen LogP contribution < -0.4 is 14.8 Å². The van der Waals surface area contributed by atoms with E-state index < -0.39 is 10.0 Å². The Labute approximate surface area is 182 Å². The van der Waals surface area contributed by atoms with Crippen molar-refractivity contribution in [2.24, 2.45) is 0 Å². The molecule has 11 heteroatoms. The van der Waals surface area contributed by atoms with E-state index in [0.29, 0.717) is 38.8 Å². The minimum atomic E-state index is -3.87. The first-order valence-electron chi connectivity index (χ1n) is 10.3. The number of carbonyl (C=O) groups is 2. The fourth-order valence-corrected chi connectivity index (χ4v) is 4.58. The summed E-state index contributed by atoms with van der Waals surface area (Å²) >= 11 is 0. The van der Waals surface area contributed by atoms with Crippen LogP contribution in [0.25, 0.3) is 0 Å². The van der Waals surface area contributed by atoms with Crippen LogP contribution in [0, 0.1) is 0 Å². The Morgan fingerprint density at radius 3 is 2.45 bits per heavy atom. The predicted octanol–water partition coefficient (Wildman–Crippen LogP) is -0.344. The van der Waals surface area contributed by atoms with Crippen LogP contribution in [-0.2, 0) is 19.6 Å². The van der Waals surface area contributed by atoms with Crippen molar-refractivity contribution >= 4 is 21.8 Å². The zero-order valence-electron chi connectivity index (χ0n) is 17.9. The van der Waals surface area contributed by atoms with Crippen LogP contribution in [0.3, 0.4) is 0 Å². The predicted molar refractivity (Wildman–Crippen MR) is 114 cm³/mol. The highest BCUT2D eigenvalue weighted by molar-refractivity contribution is 7.89. The fourth-order valence-electron chi connectivity index (χ4n) is 3.37. The first-order chi connectivity index (χ1) is 14.8. The quantitative estimate of drug-likeness (QED) is 0.464. The van der Waals surface area contributed by atoms with Gasteiger partial charge in [0.2, 0.25) is 15.9 Å². The number of amides is 2. The fraction of sp³-hybridized carbons (Fsp3) is 0.600. The monoisotopic (exact) mass is 454 g/mol. The lowest BCUT2D eigenvalue weighted by Crippen LogP contribution is -2.51. The van der Waals surface area contributed by atoms with Gasteiger partial charge in [-0.3, -0.25) is 14.5 Å². The molecule has 0 aromatic heterocycles. The highest BCUT2D eigenvalue weighted by atomic mass is 32.2. The van der Waals surface area contributed by atoms with Crippen molar-refractivity contribution in [3.8, 4) is 5.75 Å². The number of piperazine rings is 1. The number of hydrogen-bond acceptors (Lipinski definition) is 7. The average Bonchev–Trinajstić information content (AvgIpc) is 3.57. The molecule has 1 heterocycles. The van der Waals surface area contributed by atoms with Crippen LogP contribution in [0.4, 0.5) is 0 Å². The SMILES string of the molecule is COCCNS(=O)(=O)c1cc(C(=O)N2CCN(CC(=O)NC3CC3)CC2)ccc1OC. The molecule has 1 aromatic carbocycles. The molecular formula is C20H30N4O6S. The largest absolute Gasteiger partial charge is 0.495 e. The number of nitrogens with zero attached hydrogens (tertiary/aromatic N) is 2. The second-order valence-electron chi connectivity index (χ2n) is 7.67. The van der Waals surface area contributed by atoms with Crippen LogP contribution >= 0.6 is 0 Å². The molecule has 1 aliphatic carbocycles. The lowest BCUT2D eigenvalue weighted by molar-refractivity contribution is -0.122. The minimum Gasteiger partial charge on any atom is -0.495 e. The lowest BCUT2D eigenvalue weighted by Gasteiger charge is -2.34. The van der Waals surface area contributed by atoms with Crippen LogP contribution in [0.2, 0.25) is 0 Å². The summed E-state index contributed by atoms with van der Waals surface area (Å²) < 4.78 is 37.8. The van der Waals surface area contributed by atoms with Gasteiger partial charge < -0.3 is 19.7 Å². The van der Waals surface area contributed by atoms with Crippen LogP contribution in [0.1, 0.15) is 23.2 Å². The third-order valence-corrected chi connectivity index (χ3v) is 6.75. The first kappa shape index (κ1) is 23.5. The minimum absolute atomic E-state index is 0.0215. The van der Waals surface area contributed by atoms with E-state index >= 15 is 0 Å². The van der Waals surface area contributed by atoms with Crippen molar-refractivity contribution in [3.05, 3.63) is 23.8 Å². The maximum atomic E-state index is 13.0.